The number of carbonyl (C=O) groups is 2. The zero-order valence-electron chi connectivity index (χ0n) is 17.6. The van der Waals surface area contributed by atoms with Gasteiger partial charge in [0.2, 0.25) is 0 Å². The van der Waals surface area contributed by atoms with Crippen LogP contribution < -0.4 is 10.7 Å². The Bertz CT molecular complexity index is 1250. The van der Waals surface area contributed by atoms with Crippen molar-refractivity contribution in [3.8, 4) is 5.75 Å². The van der Waals surface area contributed by atoms with E-state index in [1.54, 1.807) is 61.5 Å². The van der Waals surface area contributed by atoms with Gasteiger partial charge in [-0.3, -0.25) is 19.7 Å². The first-order chi connectivity index (χ1) is 15.8. The number of hydrazone groups is 1. The molecule has 0 saturated carbocycles. The quantitative estimate of drug-likeness (QED) is 0.221. The molecule has 2 amide bonds. The smallest absolute Gasteiger partial charge is 0.287 e. The van der Waals surface area contributed by atoms with Crippen LogP contribution in [0.4, 0.5) is 5.69 Å². The highest BCUT2D eigenvalue weighted by Crippen LogP contribution is 2.17. The van der Waals surface area contributed by atoms with Gasteiger partial charge in [-0.15, -0.1) is 0 Å². The minimum Gasteiger partial charge on any atom is -0.507 e. The zero-order chi connectivity index (χ0) is 23.8. The van der Waals surface area contributed by atoms with Crippen molar-refractivity contribution >= 4 is 29.3 Å². The molecule has 9 heteroatoms. The van der Waals surface area contributed by atoms with Crippen LogP contribution in [0.5, 0.6) is 5.75 Å². The Kier molecular flexibility index (Phi) is 7.28. The lowest BCUT2D eigenvalue weighted by molar-refractivity contribution is -0.384. The van der Waals surface area contributed by atoms with E-state index in [2.05, 4.69) is 15.8 Å². The second-order valence-electron chi connectivity index (χ2n) is 6.89. The van der Waals surface area contributed by atoms with Crippen LogP contribution in [-0.2, 0) is 4.79 Å². The number of nitrogens with one attached hydrogen (secondary N) is 2. The van der Waals surface area contributed by atoms with Crippen molar-refractivity contribution in [2.24, 2.45) is 5.10 Å². The molecule has 33 heavy (non-hydrogen) atoms. The van der Waals surface area contributed by atoms with E-state index in [1.807, 2.05) is 0 Å². The molecule has 0 radical (unpaired) electrons. The van der Waals surface area contributed by atoms with Crippen LogP contribution >= 0.6 is 0 Å². The summed E-state index contributed by atoms with van der Waals surface area (Å²) in [5.74, 6) is -1.29. The summed E-state index contributed by atoms with van der Waals surface area (Å²) in [5.41, 5.74) is 3.44. The van der Waals surface area contributed by atoms with E-state index >= 15 is 0 Å². The van der Waals surface area contributed by atoms with Crippen LogP contribution in [-0.4, -0.2) is 27.6 Å². The largest absolute Gasteiger partial charge is 0.507 e. The van der Waals surface area contributed by atoms with Gasteiger partial charge in [-0.25, -0.2) is 5.43 Å². The van der Waals surface area contributed by atoms with Crippen molar-refractivity contribution in [2.45, 2.75) is 6.92 Å². The van der Waals surface area contributed by atoms with Crippen LogP contribution in [0, 0.1) is 10.1 Å². The summed E-state index contributed by atoms with van der Waals surface area (Å²) in [4.78, 5) is 36.0. The highest BCUT2D eigenvalue weighted by Gasteiger charge is 2.16. The summed E-state index contributed by atoms with van der Waals surface area (Å²) >= 11 is 0. The predicted octanol–water partition coefficient (Wildman–Crippen LogP) is 3.61. The Morgan fingerprint density at radius 2 is 1.70 bits per heavy atom. The van der Waals surface area contributed by atoms with Crippen LogP contribution in [0.3, 0.4) is 0 Å². The van der Waals surface area contributed by atoms with Gasteiger partial charge >= 0.3 is 0 Å². The number of aromatic hydroxyl groups is 1. The maximum absolute atomic E-state index is 12.9. The van der Waals surface area contributed by atoms with Gasteiger partial charge in [-0.2, -0.15) is 5.10 Å². The van der Waals surface area contributed by atoms with E-state index in [4.69, 9.17) is 0 Å². The fraction of sp³-hybridized carbons (Fsp3) is 0.0417. The number of hydrogen-bond acceptors (Lipinski definition) is 6. The van der Waals surface area contributed by atoms with Gasteiger partial charge in [0.1, 0.15) is 11.4 Å². The van der Waals surface area contributed by atoms with Crippen molar-refractivity contribution in [2.75, 3.05) is 0 Å². The van der Waals surface area contributed by atoms with Crippen LogP contribution in [0.25, 0.3) is 6.08 Å². The van der Waals surface area contributed by atoms with Gasteiger partial charge < -0.3 is 10.4 Å². The van der Waals surface area contributed by atoms with E-state index in [0.29, 0.717) is 22.4 Å². The average molecular weight is 444 g/mol. The fourth-order valence-corrected chi connectivity index (χ4v) is 2.87. The highest BCUT2D eigenvalue weighted by atomic mass is 16.6. The highest BCUT2D eigenvalue weighted by molar-refractivity contribution is 6.06. The topological polar surface area (TPSA) is 134 Å². The first-order valence-electron chi connectivity index (χ1n) is 9.80. The summed E-state index contributed by atoms with van der Waals surface area (Å²) in [6.07, 6.45) is 1.31. The van der Waals surface area contributed by atoms with Crippen LogP contribution in [0.15, 0.2) is 89.7 Å². The number of carbonyl (C=O) groups excluding carboxylic acids is 2. The molecule has 0 aliphatic rings. The van der Waals surface area contributed by atoms with Gasteiger partial charge in [-0.1, -0.05) is 42.5 Å². The third kappa shape index (κ3) is 6.11. The Morgan fingerprint density at radius 1 is 1.00 bits per heavy atom. The number of para-hydroxylation sites is 1. The summed E-state index contributed by atoms with van der Waals surface area (Å²) in [6, 6.07) is 20.4. The fourth-order valence-electron chi connectivity index (χ4n) is 2.87. The zero-order valence-corrected chi connectivity index (χ0v) is 17.6. The molecular weight excluding hydrogens is 424 g/mol. The summed E-state index contributed by atoms with van der Waals surface area (Å²) in [5, 5.41) is 27.5. The first kappa shape index (κ1) is 22.9. The van der Waals surface area contributed by atoms with Gasteiger partial charge in [0.25, 0.3) is 17.5 Å². The van der Waals surface area contributed by atoms with Crippen molar-refractivity contribution in [1.29, 1.82) is 0 Å². The van der Waals surface area contributed by atoms with Crippen LogP contribution in [0.1, 0.15) is 28.4 Å². The molecule has 0 atom stereocenters. The molecule has 166 valence electrons. The Hall–Kier alpha value is -4.79. The minimum absolute atomic E-state index is 0.00209. The Morgan fingerprint density at radius 3 is 2.39 bits per heavy atom. The van der Waals surface area contributed by atoms with Gasteiger partial charge in [0.15, 0.2) is 0 Å². The molecule has 0 fully saturated rings. The number of benzene rings is 3. The molecular formula is C24H20N4O5. The molecule has 0 saturated heterocycles. The monoisotopic (exact) mass is 444 g/mol. The lowest BCUT2D eigenvalue weighted by Crippen LogP contribution is -2.33. The number of non-ortho nitro benzene ring substituents is 1. The molecule has 3 aromatic carbocycles. The van der Waals surface area contributed by atoms with Crippen molar-refractivity contribution in [1.82, 2.24) is 10.7 Å². The molecule has 0 bridgehead atoms. The predicted molar refractivity (Wildman–Crippen MR) is 123 cm³/mol. The van der Waals surface area contributed by atoms with Crippen molar-refractivity contribution < 1.29 is 19.6 Å². The average Bonchev–Trinajstić information content (AvgIpc) is 2.82. The van der Waals surface area contributed by atoms with Crippen molar-refractivity contribution in [3.05, 3.63) is 111 Å². The Labute approximate surface area is 189 Å². The molecule has 0 unspecified atom stereocenters. The maximum atomic E-state index is 12.9. The summed E-state index contributed by atoms with van der Waals surface area (Å²) in [6.45, 7) is 1.60. The Balaban J connectivity index is 1.90. The standard InChI is InChI=1S/C24H20N4O5/c1-16(20-12-5-6-13-22(20)29)26-27-24(31)21(25-23(30)18-9-3-2-4-10-18)15-17-8-7-11-19(14-17)28(32)33/h2-15,29H,1H3,(H,25,30)(H,27,31)/b21-15?,26-16+. The molecule has 0 aromatic heterocycles. The van der Waals surface area contributed by atoms with Gasteiger partial charge in [0.05, 0.1) is 10.6 Å². The molecule has 3 aromatic rings. The van der Waals surface area contributed by atoms with E-state index in [9.17, 15) is 24.8 Å². The molecule has 3 rings (SSSR count). The number of rotatable bonds is 7. The number of phenolic OH excluding ortho intramolecular Hbond substituents is 1. The lowest BCUT2D eigenvalue weighted by Gasteiger charge is -2.10. The minimum atomic E-state index is -0.749. The molecule has 0 aliphatic heterocycles. The normalized spacial score (nSPS) is 11.5. The molecule has 9 nitrogen and oxygen atoms in total. The summed E-state index contributed by atoms with van der Waals surface area (Å²) in [7, 11) is 0. The third-order valence-corrected chi connectivity index (χ3v) is 4.54. The van der Waals surface area contributed by atoms with E-state index in [-0.39, 0.29) is 17.1 Å². The second kappa shape index (κ2) is 10.5. The van der Waals surface area contributed by atoms with Crippen molar-refractivity contribution in [3.63, 3.8) is 0 Å². The van der Waals surface area contributed by atoms with Gasteiger partial charge in [-0.05, 0) is 42.8 Å². The number of nitro groups is 1. The number of hydrogen-bond donors (Lipinski definition) is 3. The maximum Gasteiger partial charge on any atom is 0.287 e. The van der Waals surface area contributed by atoms with E-state index < -0.39 is 16.7 Å². The number of nitro benzene ring substituents is 1. The SMILES string of the molecule is C/C(=N\NC(=O)C(=Cc1cccc([N+](=O)[O-])c1)NC(=O)c1ccccc1)c1ccccc1O. The molecule has 0 aliphatic carbocycles. The van der Waals surface area contributed by atoms with Crippen LogP contribution in [0.2, 0.25) is 0 Å². The number of nitrogens with zero attached hydrogens (tertiary/aromatic N) is 2. The van der Waals surface area contributed by atoms with Gasteiger partial charge in [0, 0.05) is 23.3 Å². The molecule has 0 heterocycles. The number of amides is 2. The number of phenols is 1. The molecule has 3 N–H and O–H groups in total. The van der Waals surface area contributed by atoms with E-state index in [0.717, 1.165) is 0 Å². The lowest BCUT2D eigenvalue weighted by atomic mass is 10.1. The van der Waals surface area contributed by atoms with E-state index in [1.165, 1.54) is 30.3 Å². The first-order valence-corrected chi connectivity index (χ1v) is 9.80. The second-order valence-corrected chi connectivity index (χ2v) is 6.89. The summed E-state index contributed by atoms with van der Waals surface area (Å²) < 4.78 is 0. The third-order valence-electron chi connectivity index (χ3n) is 4.54. The molecule has 0 spiro atoms.